The molecule has 3 aliphatic rings. The number of carbonyl (C=O) groups is 1. The van der Waals surface area contributed by atoms with Crippen LogP contribution in [0.25, 0.3) is 0 Å². The van der Waals surface area contributed by atoms with Gasteiger partial charge in [-0.15, -0.1) is 0 Å². The lowest BCUT2D eigenvalue weighted by molar-refractivity contribution is -0.152. The highest BCUT2D eigenvalue weighted by atomic mass is 32.2. The van der Waals surface area contributed by atoms with Crippen LogP contribution in [0.1, 0.15) is 45.1 Å². The van der Waals surface area contributed by atoms with E-state index in [0.717, 1.165) is 34.6 Å². The van der Waals surface area contributed by atoms with E-state index in [-0.39, 0.29) is 30.0 Å². The lowest BCUT2D eigenvalue weighted by Gasteiger charge is -2.51. The van der Waals surface area contributed by atoms with Crippen LogP contribution in [0.3, 0.4) is 0 Å². The minimum atomic E-state index is -0.453. The molecule has 2 aliphatic carbocycles. The van der Waals surface area contributed by atoms with E-state index in [1.165, 1.54) is 5.56 Å². The Morgan fingerprint density at radius 1 is 1.10 bits per heavy atom. The molecule has 5 atom stereocenters. The molecule has 0 amide bonds. The second kappa shape index (κ2) is 13.3. The fourth-order valence-electron chi connectivity index (χ4n) is 6.35. The van der Waals surface area contributed by atoms with E-state index < -0.39 is 6.29 Å². The molecule has 2 aromatic carbocycles. The molecule has 0 radical (unpaired) electrons. The molecule has 1 saturated heterocycles. The lowest BCUT2D eigenvalue weighted by Crippen LogP contribution is -2.49. The molecule has 212 valence electrons. The van der Waals surface area contributed by atoms with Gasteiger partial charge in [-0.25, -0.2) is 0 Å². The van der Waals surface area contributed by atoms with E-state index in [4.69, 9.17) is 18.9 Å². The quantitative estimate of drug-likeness (QED) is 0.130. The fourth-order valence-corrected chi connectivity index (χ4v) is 7.16. The number of allylic oxidation sites excluding steroid dienone is 2. The van der Waals surface area contributed by atoms with Crippen molar-refractivity contribution in [1.29, 1.82) is 0 Å². The summed E-state index contributed by atoms with van der Waals surface area (Å²) in [6, 6.07) is 20.4. The molecular formula is C34H40O5S. The molecule has 1 aliphatic heterocycles. The van der Waals surface area contributed by atoms with E-state index in [1.807, 2.05) is 54.6 Å². The summed E-state index contributed by atoms with van der Waals surface area (Å²) in [7, 11) is 0. The summed E-state index contributed by atoms with van der Waals surface area (Å²) in [5.74, 6) is 0.380. The Bertz CT molecular complexity index is 1200. The van der Waals surface area contributed by atoms with Crippen molar-refractivity contribution in [3.63, 3.8) is 0 Å². The van der Waals surface area contributed by atoms with E-state index in [1.54, 1.807) is 17.8 Å². The summed E-state index contributed by atoms with van der Waals surface area (Å²) in [5, 5.41) is 0. The van der Waals surface area contributed by atoms with E-state index in [2.05, 4.69) is 38.6 Å². The number of esters is 1. The van der Waals surface area contributed by atoms with Crippen molar-refractivity contribution >= 4 is 17.7 Å². The number of benzene rings is 2. The van der Waals surface area contributed by atoms with E-state index in [9.17, 15) is 4.79 Å². The first-order valence-electron chi connectivity index (χ1n) is 14.3. The van der Waals surface area contributed by atoms with Crippen LogP contribution in [0.2, 0.25) is 0 Å². The Kier molecular flexibility index (Phi) is 9.63. The van der Waals surface area contributed by atoms with Crippen molar-refractivity contribution in [2.24, 2.45) is 17.3 Å². The molecule has 0 N–H and O–H groups in total. The molecule has 2 fully saturated rings. The van der Waals surface area contributed by atoms with Crippen LogP contribution in [0.5, 0.6) is 0 Å². The van der Waals surface area contributed by atoms with Gasteiger partial charge in [0.25, 0.3) is 0 Å². The zero-order valence-corrected chi connectivity index (χ0v) is 24.3. The number of thioether (sulfide) groups is 1. The standard InChI is InChI=1S/C34H40O5S/c1-4-26(40-27-13-9-6-10-14-27)15-16-32(35)39-31-21-29-24(2)30(38-23-25-11-7-5-8-12-25)17-18-34(29,3)22-28(31)33-36-19-20-37-33/h4-15,22,24,29-31,33H,1,16-21,23H2,2-3H3/b26-15-/t24-,29-,30-,31+,34+/m0/s1. The van der Waals surface area contributed by atoms with Crippen molar-refractivity contribution in [2.45, 2.75) is 69.5 Å². The Hall–Kier alpha value is -2.64. The molecule has 0 bridgehead atoms. The summed E-state index contributed by atoms with van der Waals surface area (Å²) >= 11 is 1.59. The second-order valence-electron chi connectivity index (χ2n) is 11.2. The minimum Gasteiger partial charge on any atom is -0.457 e. The largest absolute Gasteiger partial charge is 0.457 e. The molecule has 6 heteroatoms. The Balaban J connectivity index is 1.28. The van der Waals surface area contributed by atoms with Gasteiger partial charge in [-0.1, -0.05) is 98.9 Å². The predicted molar refractivity (Wildman–Crippen MR) is 158 cm³/mol. The smallest absolute Gasteiger partial charge is 0.310 e. The average molecular weight is 561 g/mol. The Morgan fingerprint density at radius 2 is 1.80 bits per heavy atom. The summed E-state index contributed by atoms with van der Waals surface area (Å²) in [6.45, 7) is 10.3. The van der Waals surface area contributed by atoms with Gasteiger partial charge in [-0.3, -0.25) is 4.79 Å². The number of carbonyl (C=O) groups excluding carboxylic acids is 1. The van der Waals surface area contributed by atoms with Crippen molar-refractivity contribution in [1.82, 2.24) is 0 Å². The summed E-state index contributed by atoms with van der Waals surface area (Å²) in [4.78, 5) is 15.2. The molecule has 2 aromatic rings. The average Bonchev–Trinajstić information content (AvgIpc) is 3.51. The Morgan fingerprint density at radius 3 is 2.50 bits per heavy atom. The van der Waals surface area contributed by atoms with Crippen LogP contribution in [0.15, 0.2) is 101 Å². The first-order valence-corrected chi connectivity index (χ1v) is 15.1. The van der Waals surface area contributed by atoms with Gasteiger partial charge in [-0.2, -0.15) is 0 Å². The normalized spacial score (nSPS) is 28.9. The number of fused-ring (bicyclic) bond motifs is 1. The molecule has 40 heavy (non-hydrogen) atoms. The third-order valence-corrected chi connectivity index (χ3v) is 9.57. The van der Waals surface area contributed by atoms with Gasteiger partial charge in [0.1, 0.15) is 6.10 Å². The van der Waals surface area contributed by atoms with Gasteiger partial charge in [0.05, 0.1) is 32.3 Å². The highest BCUT2D eigenvalue weighted by Crippen LogP contribution is 2.53. The van der Waals surface area contributed by atoms with Gasteiger partial charge in [0, 0.05) is 15.4 Å². The first-order chi connectivity index (χ1) is 19.4. The number of hydrogen-bond donors (Lipinski definition) is 0. The van der Waals surface area contributed by atoms with Crippen molar-refractivity contribution in [3.8, 4) is 0 Å². The summed E-state index contributed by atoms with van der Waals surface area (Å²) in [5.41, 5.74) is 2.11. The monoisotopic (exact) mass is 560 g/mol. The van der Waals surface area contributed by atoms with Crippen LogP contribution in [0.4, 0.5) is 0 Å². The SMILES string of the molecule is C=C/C(=C/CC(=O)O[C@@H]1C[C@H]2[C@H](C)[C@@H](OCc3ccccc3)CC[C@]2(C)C=C1C1OCCO1)Sc1ccccc1. The highest BCUT2D eigenvalue weighted by Gasteiger charge is 2.50. The van der Waals surface area contributed by atoms with Crippen LogP contribution in [-0.2, 0) is 30.3 Å². The lowest BCUT2D eigenvalue weighted by atomic mass is 9.57. The van der Waals surface area contributed by atoms with E-state index >= 15 is 0 Å². The molecule has 5 nitrogen and oxygen atoms in total. The van der Waals surface area contributed by atoms with Crippen molar-refractivity contribution in [2.75, 3.05) is 13.2 Å². The molecule has 1 saturated carbocycles. The minimum absolute atomic E-state index is 0.0260. The van der Waals surface area contributed by atoms with Gasteiger partial charge in [0.2, 0.25) is 0 Å². The summed E-state index contributed by atoms with van der Waals surface area (Å²) < 4.78 is 24.4. The summed E-state index contributed by atoms with van der Waals surface area (Å²) in [6.07, 6.45) is 8.22. The third-order valence-electron chi connectivity index (χ3n) is 8.50. The molecule has 0 spiro atoms. The third kappa shape index (κ3) is 6.98. The van der Waals surface area contributed by atoms with Crippen molar-refractivity contribution in [3.05, 3.63) is 102 Å². The van der Waals surface area contributed by atoms with Crippen LogP contribution < -0.4 is 0 Å². The molecular weight excluding hydrogens is 520 g/mol. The predicted octanol–water partition coefficient (Wildman–Crippen LogP) is 7.49. The second-order valence-corrected chi connectivity index (χ2v) is 12.4. The maximum Gasteiger partial charge on any atom is 0.310 e. The van der Waals surface area contributed by atoms with E-state index in [0.29, 0.717) is 31.7 Å². The molecule has 0 unspecified atom stereocenters. The first kappa shape index (κ1) is 28.9. The van der Waals surface area contributed by atoms with Crippen LogP contribution in [-0.4, -0.2) is 37.7 Å². The highest BCUT2D eigenvalue weighted by molar-refractivity contribution is 8.03. The number of ether oxygens (including phenoxy) is 4. The van der Waals surface area contributed by atoms with Crippen LogP contribution in [0, 0.1) is 17.3 Å². The zero-order valence-electron chi connectivity index (χ0n) is 23.5. The van der Waals surface area contributed by atoms with Crippen LogP contribution >= 0.6 is 11.8 Å². The fraction of sp³-hybridized carbons (Fsp3) is 0.441. The molecule has 1 heterocycles. The van der Waals surface area contributed by atoms with Gasteiger partial charge >= 0.3 is 5.97 Å². The van der Waals surface area contributed by atoms with Crippen molar-refractivity contribution < 1.29 is 23.7 Å². The maximum absolute atomic E-state index is 13.1. The number of rotatable bonds is 10. The van der Waals surface area contributed by atoms with Gasteiger partial charge in [0.15, 0.2) is 6.29 Å². The van der Waals surface area contributed by atoms with Gasteiger partial charge < -0.3 is 18.9 Å². The molecule has 5 rings (SSSR count). The zero-order chi connectivity index (χ0) is 28.0. The topological polar surface area (TPSA) is 54.0 Å². The Labute approximate surface area is 242 Å². The molecule has 0 aromatic heterocycles. The number of hydrogen-bond acceptors (Lipinski definition) is 6. The maximum atomic E-state index is 13.1. The van der Waals surface area contributed by atoms with Gasteiger partial charge in [-0.05, 0) is 54.2 Å².